The van der Waals surface area contributed by atoms with Crippen molar-refractivity contribution in [2.75, 3.05) is 7.11 Å². The third-order valence-electron chi connectivity index (χ3n) is 4.54. The number of halogens is 3. The maximum atomic E-state index is 13.1. The molecule has 3 rings (SSSR count). The van der Waals surface area contributed by atoms with Crippen molar-refractivity contribution in [2.45, 2.75) is 38.9 Å². The van der Waals surface area contributed by atoms with E-state index >= 15 is 0 Å². The van der Waals surface area contributed by atoms with Gasteiger partial charge in [-0.25, -0.2) is 9.97 Å². The van der Waals surface area contributed by atoms with Gasteiger partial charge in [-0.05, 0) is 31.9 Å². The van der Waals surface area contributed by atoms with E-state index in [2.05, 4.69) is 15.3 Å². The molecule has 1 N–H and O–H groups in total. The molecule has 0 saturated heterocycles. The van der Waals surface area contributed by atoms with E-state index < -0.39 is 17.6 Å². The van der Waals surface area contributed by atoms with Crippen LogP contribution in [-0.4, -0.2) is 28.8 Å². The van der Waals surface area contributed by atoms with Crippen LogP contribution in [0.15, 0.2) is 24.3 Å². The lowest BCUT2D eigenvalue weighted by molar-refractivity contribution is -0.138. The first-order chi connectivity index (χ1) is 13.7. The van der Waals surface area contributed by atoms with Crippen LogP contribution in [0, 0.1) is 12.8 Å². The van der Waals surface area contributed by atoms with Crippen molar-refractivity contribution in [3.05, 3.63) is 52.6 Å². The Morgan fingerprint density at radius 1 is 1.24 bits per heavy atom. The van der Waals surface area contributed by atoms with E-state index in [0.29, 0.717) is 5.69 Å². The Morgan fingerprint density at radius 2 is 1.97 bits per heavy atom. The van der Waals surface area contributed by atoms with Gasteiger partial charge >= 0.3 is 6.18 Å². The second kappa shape index (κ2) is 8.18. The van der Waals surface area contributed by atoms with E-state index in [4.69, 9.17) is 4.74 Å². The standard InChI is InChI=1S/C20H20F3N3O3/c1-11-8-15(26-17(25-11)9-16(27)12-6-7-12)19(28)24-10-13-4-3-5-14(18(13)29-2)20(21,22)23/h3-5,8,12H,6-7,9-10H2,1-2H3,(H,24,28). The number of nitrogens with one attached hydrogen (secondary N) is 1. The summed E-state index contributed by atoms with van der Waals surface area (Å²) in [6, 6.07) is 5.08. The van der Waals surface area contributed by atoms with E-state index in [1.165, 1.54) is 18.2 Å². The molecule has 2 aromatic rings. The number of aryl methyl sites for hydroxylation is 1. The molecule has 1 amide bonds. The number of hydrogen-bond acceptors (Lipinski definition) is 5. The topological polar surface area (TPSA) is 81.2 Å². The molecule has 9 heteroatoms. The number of benzene rings is 1. The van der Waals surface area contributed by atoms with Gasteiger partial charge < -0.3 is 10.1 Å². The van der Waals surface area contributed by atoms with Crippen LogP contribution in [0.1, 0.15) is 46.0 Å². The maximum absolute atomic E-state index is 13.1. The van der Waals surface area contributed by atoms with Gasteiger partial charge in [-0.2, -0.15) is 13.2 Å². The van der Waals surface area contributed by atoms with Gasteiger partial charge in [0.05, 0.1) is 19.1 Å². The molecular formula is C20H20F3N3O3. The molecule has 0 unspecified atom stereocenters. The number of alkyl halides is 3. The van der Waals surface area contributed by atoms with Crippen molar-refractivity contribution >= 4 is 11.7 Å². The minimum atomic E-state index is -4.57. The molecule has 0 aliphatic heterocycles. The van der Waals surface area contributed by atoms with Gasteiger partial charge in [0.1, 0.15) is 23.1 Å². The van der Waals surface area contributed by atoms with Crippen LogP contribution in [0.3, 0.4) is 0 Å². The highest BCUT2D eigenvalue weighted by Gasteiger charge is 2.35. The number of amides is 1. The molecule has 1 heterocycles. The number of nitrogens with zero attached hydrogens (tertiary/aromatic N) is 2. The molecule has 1 aromatic heterocycles. The van der Waals surface area contributed by atoms with Gasteiger partial charge in [0.15, 0.2) is 0 Å². The number of ketones is 1. The van der Waals surface area contributed by atoms with Crippen LogP contribution in [0.4, 0.5) is 13.2 Å². The largest absolute Gasteiger partial charge is 0.496 e. The Bertz CT molecular complexity index is 940. The Hall–Kier alpha value is -2.97. The zero-order valence-electron chi connectivity index (χ0n) is 16.0. The second-order valence-electron chi connectivity index (χ2n) is 6.91. The van der Waals surface area contributed by atoms with Crippen molar-refractivity contribution in [3.63, 3.8) is 0 Å². The van der Waals surface area contributed by atoms with Gasteiger partial charge in [0.25, 0.3) is 5.91 Å². The summed E-state index contributed by atoms with van der Waals surface area (Å²) in [5.74, 6) is -0.533. The lowest BCUT2D eigenvalue weighted by Crippen LogP contribution is -2.25. The Kier molecular flexibility index (Phi) is 5.86. The summed E-state index contributed by atoms with van der Waals surface area (Å²) in [6.07, 6.45) is -2.76. The summed E-state index contributed by atoms with van der Waals surface area (Å²) >= 11 is 0. The van der Waals surface area contributed by atoms with Crippen molar-refractivity contribution < 1.29 is 27.5 Å². The number of carbonyl (C=O) groups excluding carboxylic acids is 2. The van der Waals surface area contributed by atoms with E-state index in [9.17, 15) is 22.8 Å². The van der Waals surface area contributed by atoms with Crippen LogP contribution in [0.2, 0.25) is 0 Å². The van der Waals surface area contributed by atoms with E-state index in [-0.39, 0.29) is 47.5 Å². The van der Waals surface area contributed by atoms with Crippen molar-refractivity contribution in [1.29, 1.82) is 0 Å². The molecule has 0 atom stereocenters. The number of ether oxygens (including phenoxy) is 1. The lowest BCUT2D eigenvalue weighted by atomic mass is 10.1. The first-order valence-electron chi connectivity index (χ1n) is 9.07. The van der Waals surface area contributed by atoms with Crippen molar-refractivity contribution in [2.24, 2.45) is 5.92 Å². The minimum absolute atomic E-state index is 0.0515. The molecule has 1 aliphatic rings. The summed E-state index contributed by atoms with van der Waals surface area (Å²) < 4.78 is 44.3. The van der Waals surface area contributed by atoms with Gasteiger partial charge in [0.2, 0.25) is 0 Å². The third-order valence-corrected chi connectivity index (χ3v) is 4.54. The molecule has 0 spiro atoms. The summed E-state index contributed by atoms with van der Waals surface area (Å²) in [5, 5.41) is 2.55. The normalized spacial score (nSPS) is 13.8. The zero-order chi connectivity index (χ0) is 21.2. The molecular weight excluding hydrogens is 387 g/mol. The van der Waals surface area contributed by atoms with E-state index in [1.54, 1.807) is 6.92 Å². The number of para-hydroxylation sites is 1. The van der Waals surface area contributed by atoms with Crippen molar-refractivity contribution in [3.8, 4) is 5.75 Å². The molecule has 0 bridgehead atoms. The number of rotatable bonds is 7. The predicted molar refractivity (Wildman–Crippen MR) is 97.4 cm³/mol. The van der Waals surface area contributed by atoms with Crippen LogP contribution in [0.5, 0.6) is 5.75 Å². The molecule has 1 aliphatic carbocycles. The smallest absolute Gasteiger partial charge is 0.419 e. The molecule has 1 fully saturated rings. The van der Waals surface area contributed by atoms with Crippen LogP contribution in [-0.2, 0) is 23.9 Å². The first kappa shape index (κ1) is 20.8. The fourth-order valence-corrected chi connectivity index (χ4v) is 2.99. The summed E-state index contributed by atoms with van der Waals surface area (Å²) in [6.45, 7) is 1.50. The molecule has 154 valence electrons. The minimum Gasteiger partial charge on any atom is -0.496 e. The quantitative estimate of drug-likeness (QED) is 0.762. The number of hydrogen-bond donors (Lipinski definition) is 1. The van der Waals surface area contributed by atoms with Gasteiger partial charge in [0, 0.05) is 23.7 Å². The number of Topliss-reactive ketones (excluding diaryl/α,β-unsaturated/α-hetero) is 1. The monoisotopic (exact) mass is 407 g/mol. The Morgan fingerprint density at radius 3 is 2.59 bits per heavy atom. The number of methoxy groups -OCH3 is 1. The second-order valence-corrected chi connectivity index (χ2v) is 6.91. The summed E-state index contributed by atoms with van der Waals surface area (Å²) in [7, 11) is 1.15. The number of aromatic nitrogens is 2. The SMILES string of the molecule is COc1c(CNC(=O)c2cc(C)nc(CC(=O)C3CC3)n2)cccc1C(F)(F)F. The fourth-order valence-electron chi connectivity index (χ4n) is 2.99. The summed E-state index contributed by atoms with van der Waals surface area (Å²) in [4.78, 5) is 32.8. The van der Waals surface area contributed by atoms with Crippen molar-refractivity contribution in [1.82, 2.24) is 15.3 Å². The van der Waals surface area contributed by atoms with Crippen LogP contribution < -0.4 is 10.1 Å². The van der Waals surface area contributed by atoms with Gasteiger partial charge in [-0.1, -0.05) is 12.1 Å². The van der Waals surface area contributed by atoms with Crippen LogP contribution in [0.25, 0.3) is 0 Å². The highest BCUT2D eigenvalue weighted by Crippen LogP contribution is 2.38. The average Bonchev–Trinajstić information content (AvgIpc) is 3.49. The van der Waals surface area contributed by atoms with Crippen LogP contribution >= 0.6 is 0 Å². The fraction of sp³-hybridized carbons (Fsp3) is 0.400. The molecule has 29 heavy (non-hydrogen) atoms. The summed E-state index contributed by atoms with van der Waals surface area (Å²) in [5.41, 5.74) is -0.140. The van der Waals surface area contributed by atoms with E-state index in [0.717, 1.165) is 26.0 Å². The highest BCUT2D eigenvalue weighted by atomic mass is 19.4. The molecule has 6 nitrogen and oxygen atoms in total. The highest BCUT2D eigenvalue weighted by molar-refractivity contribution is 5.92. The zero-order valence-corrected chi connectivity index (χ0v) is 16.0. The third kappa shape index (κ3) is 5.10. The van der Waals surface area contributed by atoms with Gasteiger partial charge in [-0.3, -0.25) is 9.59 Å². The maximum Gasteiger partial charge on any atom is 0.419 e. The predicted octanol–water partition coefficient (Wildman–Crippen LogP) is 3.26. The average molecular weight is 407 g/mol. The van der Waals surface area contributed by atoms with Gasteiger partial charge in [-0.15, -0.1) is 0 Å². The molecule has 1 saturated carbocycles. The van der Waals surface area contributed by atoms with E-state index in [1.807, 2.05) is 0 Å². The Balaban J connectivity index is 1.74. The Labute approximate surface area is 165 Å². The lowest BCUT2D eigenvalue weighted by Gasteiger charge is -2.16. The molecule has 0 radical (unpaired) electrons. The first-order valence-corrected chi connectivity index (χ1v) is 9.07. The number of carbonyl (C=O) groups is 2. The molecule has 1 aromatic carbocycles.